The lowest BCUT2D eigenvalue weighted by atomic mass is 9.77. The summed E-state index contributed by atoms with van der Waals surface area (Å²) >= 11 is 6.55. The van der Waals surface area contributed by atoms with Crippen molar-refractivity contribution in [2.45, 2.75) is 43.6 Å². The van der Waals surface area contributed by atoms with E-state index in [1.165, 1.54) is 5.56 Å². The number of aliphatic hydroxyl groups excluding tert-OH is 1. The van der Waals surface area contributed by atoms with Crippen LogP contribution >= 0.6 is 11.6 Å². The quantitative estimate of drug-likeness (QED) is 0.349. The standard InChI is InChI=1S/C25H21ClN2O4/c26-19-10-21-18(9-17(19)13-3-1-12(2-4-13)15-7-16(29)8-15)23(25(31)27-21)24(30)22-11-20(28-32-22)14-5-6-14/h1-4,9-11,14-16,27,29,31H,5-8H2. The number of nitrogens with one attached hydrogen (secondary N) is 1. The van der Waals surface area contributed by atoms with Gasteiger partial charge >= 0.3 is 0 Å². The highest BCUT2D eigenvalue weighted by Gasteiger charge is 2.31. The summed E-state index contributed by atoms with van der Waals surface area (Å²) in [5, 5.41) is 25.2. The Morgan fingerprint density at radius 2 is 1.84 bits per heavy atom. The third kappa shape index (κ3) is 3.22. The van der Waals surface area contributed by atoms with Gasteiger partial charge < -0.3 is 19.7 Å². The second-order valence-corrected chi connectivity index (χ2v) is 9.30. The molecule has 7 heteroatoms. The van der Waals surface area contributed by atoms with E-state index in [4.69, 9.17) is 16.1 Å². The number of rotatable bonds is 5. The first-order valence-electron chi connectivity index (χ1n) is 10.8. The van der Waals surface area contributed by atoms with Gasteiger partial charge in [0.05, 0.1) is 27.9 Å². The first kappa shape index (κ1) is 19.6. The Hall–Kier alpha value is -3.09. The number of carbonyl (C=O) groups is 1. The van der Waals surface area contributed by atoms with Crippen molar-refractivity contribution in [2.75, 3.05) is 0 Å². The number of aromatic nitrogens is 2. The zero-order valence-electron chi connectivity index (χ0n) is 17.1. The van der Waals surface area contributed by atoms with Crippen LogP contribution in [-0.4, -0.2) is 32.2 Å². The number of aromatic amines is 1. The summed E-state index contributed by atoms with van der Waals surface area (Å²) in [5.41, 5.74) is 4.38. The molecule has 6 nitrogen and oxygen atoms in total. The highest BCUT2D eigenvalue weighted by molar-refractivity contribution is 6.34. The third-order valence-electron chi connectivity index (χ3n) is 6.65. The molecule has 162 valence electrons. The molecule has 2 saturated carbocycles. The number of aliphatic hydroxyl groups is 1. The molecule has 0 unspecified atom stereocenters. The number of ketones is 1. The van der Waals surface area contributed by atoms with Crippen LogP contribution in [0.5, 0.6) is 5.88 Å². The normalized spacial score (nSPS) is 20.4. The van der Waals surface area contributed by atoms with Crippen LogP contribution in [-0.2, 0) is 0 Å². The Labute approximate surface area is 188 Å². The van der Waals surface area contributed by atoms with Gasteiger partial charge in [0.2, 0.25) is 17.4 Å². The van der Waals surface area contributed by atoms with Crippen molar-refractivity contribution >= 4 is 28.3 Å². The maximum Gasteiger partial charge on any atom is 0.237 e. The van der Waals surface area contributed by atoms with E-state index in [9.17, 15) is 15.0 Å². The molecular weight excluding hydrogens is 428 g/mol. The molecule has 2 heterocycles. The SMILES string of the molecule is O=C(c1cc(C2CC2)no1)c1c(O)[nH]c2cc(Cl)c(-c3ccc(C4CC(O)C4)cc3)cc12. The van der Waals surface area contributed by atoms with Crippen LogP contribution in [0.1, 0.15) is 64.9 Å². The zero-order valence-corrected chi connectivity index (χ0v) is 17.9. The minimum Gasteiger partial charge on any atom is -0.494 e. The van der Waals surface area contributed by atoms with Crippen LogP contribution in [0.4, 0.5) is 0 Å². The highest BCUT2D eigenvalue weighted by atomic mass is 35.5. The van der Waals surface area contributed by atoms with E-state index in [1.54, 1.807) is 12.1 Å². The molecule has 0 spiro atoms. The van der Waals surface area contributed by atoms with Crippen LogP contribution in [0.25, 0.3) is 22.0 Å². The van der Waals surface area contributed by atoms with E-state index < -0.39 is 5.78 Å². The van der Waals surface area contributed by atoms with Crippen molar-refractivity contribution in [3.63, 3.8) is 0 Å². The van der Waals surface area contributed by atoms with Crippen LogP contribution in [0.2, 0.25) is 5.02 Å². The molecule has 0 amide bonds. The number of fused-ring (bicyclic) bond motifs is 1. The Morgan fingerprint density at radius 3 is 2.53 bits per heavy atom. The summed E-state index contributed by atoms with van der Waals surface area (Å²) in [6, 6.07) is 13.3. The number of halogens is 1. The molecule has 2 aromatic carbocycles. The molecule has 2 fully saturated rings. The van der Waals surface area contributed by atoms with Crippen molar-refractivity contribution in [3.05, 3.63) is 70.1 Å². The van der Waals surface area contributed by atoms with Gasteiger partial charge in [0, 0.05) is 22.9 Å². The zero-order chi connectivity index (χ0) is 22.0. The van der Waals surface area contributed by atoms with E-state index in [0.717, 1.165) is 42.5 Å². The van der Waals surface area contributed by atoms with E-state index in [-0.39, 0.29) is 23.3 Å². The molecule has 2 aliphatic rings. The van der Waals surface area contributed by atoms with Gasteiger partial charge in [-0.1, -0.05) is 41.0 Å². The summed E-state index contributed by atoms with van der Waals surface area (Å²) in [4.78, 5) is 16.0. The van der Waals surface area contributed by atoms with Crippen molar-refractivity contribution in [2.24, 2.45) is 0 Å². The number of benzene rings is 2. The van der Waals surface area contributed by atoms with Gasteiger partial charge in [-0.3, -0.25) is 4.79 Å². The monoisotopic (exact) mass is 448 g/mol. The fraction of sp³-hybridized carbons (Fsp3) is 0.280. The van der Waals surface area contributed by atoms with Crippen molar-refractivity contribution in [1.82, 2.24) is 10.1 Å². The van der Waals surface area contributed by atoms with Crippen LogP contribution < -0.4 is 0 Å². The highest BCUT2D eigenvalue weighted by Crippen LogP contribution is 2.41. The van der Waals surface area contributed by atoms with Gasteiger partial charge in [0.15, 0.2) is 0 Å². The van der Waals surface area contributed by atoms with E-state index in [1.807, 2.05) is 18.2 Å². The Kier molecular flexibility index (Phi) is 4.42. The van der Waals surface area contributed by atoms with Gasteiger partial charge in [0.1, 0.15) is 0 Å². The first-order valence-corrected chi connectivity index (χ1v) is 11.2. The fourth-order valence-corrected chi connectivity index (χ4v) is 4.81. The number of hydrogen-bond acceptors (Lipinski definition) is 5. The van der Waals surface area contributed by atoms with Crippen molar-refractivity contribution < 1.29 is 19.5 Å². The third-order valence-corrected chi connectivity index (χ3v) is 6.96. The lowest BCUT2D eigenvalue weighted by Crippen LogP contribution is -2.26. The van der Waals surface area contributed by atoms with Crippen LogP contribution in [0.15, 0.2) is 47.0 Å². The average Bonchev–Trinajstić information content (AvgIpc) is 3.40. The number of H-pyrrole nitrogens is 1. The van der Waals surface area contributed by atoms with E-state index in [0.29, 0.717) is 27.8 Å². The molecule has 3 N–H and O–H groups in total. The molecule has 0 aliphatic heterocycles. The predicted octanol–water partition coefficient (Wildman–Crippen LogP) is 5.53. The van der Waals surface area contributed by atoms with Crippen LogP contribution in [0, 0.1) is 0 Å². The van der Waals surface area contributed by atoms with Crippen LogP contribution in [0.3, 0.4) is 0 Å². The van der Waals surface area contributed by atoms with E-state index in [2.05, 4.69) is 22.3 Å². The molecule has 0 bridgehead atoms. The lowest BCUT2D eigenvalue weighted by Gasteiger charge is -2.31. The van der Waals surface area contributed by atoms with Gasteiger partial charge in [-0.2, -0.15) is 0 Å². The summed E-state index contributed by atoms with van der Waals surface area (Å²) in [7, 11) is 0. The topological polar surface area (TPSA) is 99.4 Å². The van der Waals surface area contributed by atoms with Gasteiger partial charge in [-0.05, 0) is 54.9 Å². The predicted molar refractivity (Wildman–Crippen MR) is 120 cm³/mol. The molecule has 2 aliphatic carbocycles. The molecule has 32 heavy (non-hydrogen) atoms. The number of nitrogens with zero attached hydrogens (tertiary/aromatic N) is 1. The second-order valence-electron chi connectivity index (χ2n) is 8.89. The fourth-order valence-electron chi connectivity index (χ4n) is 4.54. The molecular formula is C25H21ClN2O4. The largest absolute Gasteiger partial charge is 0.494 e. The van der Waals surface area contributed by atoms with Crippen molar-refractivity contribution in [1.29, 1.82) is 0 Å². The molecule has 4 aromatic rings. The smallest absolute Gasteiger partial charge is 0.237 e. The molecule has 0 atom stereocenters. The van der Waals surface area contributed by atoms with Gasteiger partial charge in [0.25, 0.3) is 0 Å². The minimum absolute atomic E-state index is 0.117. The molecule has 2 aromatic heterocycles. The first-order chi connectivity index (χ1) is 15.5. The second kappa shape index (κ2) is 7.22. The average molecular weight is 449 g/mol. The number of aromatic hydroxyl groups is 1. The Balaban J connectivity index is 1.38. The van der Waals surface area contributed by atoms with Crippen molar-refractivity contribution in [3.8, 4) is 17.0 Å². The summed E-state index contributed by atoms with van der Waals surface area (Å²) in [5.74, 6) is 0.243. The summed E-state index contributed by atoms with van der Waals surface area (Å²) in [6.07, 6.45) is 3.51. The Morgan fingerprint density at radius 1 is 1.09 bits per heavy atom. The van der Waals surface area contributed by atoms with Gasteiger partial charge in [-0.15, -0.1) is 0 Å². The maximum absolute atomic E-state index is 13.1. The summed E-state index contributed by atoms with van der Waals surface area (Å²) < 4.78 is 5.28. The lowest BCUT2D eigenvalue weighted by molar-refractivity contribution is 0.0746. The molecule has 6 rings (SSSR count). The molecule has 0 saturated heterocycles. The summed E-state index contributed by atoms with van der Waals surface area (Å²) in [6.45, 7) is 0. The van der Waals surface area contributed by atoms with Gasteiger partial charge in [-0.25, -0.2) is 0 Å². The number of carbonyl (C=O) groups excluding carboxylic acids is 1. The molecule has 0 radical (unpaired) electrons. The number of hydrogen-bond donors (Lipinski definition) is 3. The maximum atomic E-state index is 13.1. The van der Waals surface area contributed by atoms with E-state index >= 15 is 0 Å². The minimum atomic E-state index is -0.416. The Bertz CT molecular complexity index is 1340.